The van der Waals surface area contributed by atoms with Crippen molar-refractivity contribution in [1.82, 2.24) is 9.80 Å². The maximum Gasteiger partial charge on any atom is 0.165 e. The van der Waals surface area contributed by atoms with E-state index in [0.29, 0.717) is 26.0 Å². The van der Waals surface area contributed by atoms with Crippen molar-refractivity contribution in [2.45, 2.75) is 36.5 Å². The van der Waals surface area contributed by atoms with Crippen LogP contribution >= 0.6 is 0 Å². The second kappa shape index (κ2) is 6.71. The number of likely N-dealkylation sites (N-methyl/N-ethyl adjacent to an activating group) is 1. The van der Waals surface area contributed by atoms with Crippen molar-refractivity contribution in [2.24, 2.45) is 5.92 Å². The quantitative estimate of drug-likeness (QED) is 0.766. The van der Waals surface area contributed by atoms with Gasteiger partial charge in [0.1, 0.15) is 18.8 Å². The Balaban J connectivity index is 1.34. The Morgan fingerprint density at radius 3 is 3.03 bits per heavy atom. The van der Waals surface area contributed by atoms with Crippen LogP contribution in [-0.2, 0) is 16.6 Å². The van der Waals surface area contributed by atoms with Crippen LogP contribution in [0.2, 0.25) is 0 Å². The van der Waals surface area contributed by atoms with E-state index in [2.05, 4.69) is 11.0 Å². The minimum absolute atomic E-state index is 0.00225. The van der Waals surface area contributed by atoms with Gasteiger partial charge in [0.05, 0.1) is 13.2 Å². The van der Waals surface area contributed by atoms with Crippen LogP contribution in [0.5, 0.6) is 11.5 Å². The van der Waals surface area contributed by atoms with Crippen LogP contribution in [-0.4, -0.2) is 86.1 Å². The highest BCUT2D eigenvalue weighted by molar-refractivity contribution is 5.62. The Kier molecular flexibility index (Phi) is 3.52. The zero-order valence-corrected chi connectivity index (χ0v) is 16.5. The topological polar surface area (TPSA) is 54.4 Å². The van der Waals surface area contributed by atoms with Gasteiger partial charge in [-0.2, -0.15) is 0 Å². The van der Waals surface area contributed by atoms with Gasteiger partial charge < -0.3 is 24.2 Å². The van der Waals surface area contributed by atoms with E-state index in [9.17, 15) is 5.11 Å². The van der Waals surface area contributed by atoms with Crippen molar-refractivity contribution in [3.8, 4) is 11.5 Å². The number of nitrogens with zero attached hydrogens (tertiary/aromatic N) is 2. The van der Waals surface area contributed by atoms with E-state index in [4.69, 9.17) is 18.3 Å². The molecule has 156 valence electrons. The molecule has 0 amide bonds. The van der Waals surface area contributed by atoms with Gasteiger partial charge in [-0.15, -0.1) is 0 Å². The molecule has 3 heterocycles. The van der Waals surface area contributed by atoms with Gasteiger partial charge in [0.2, 0.25) is 0 Å². The lowest BCUT2D eigenvalue weighted by molar-refractivity contribution is -0.0454. The smallest absolute Gasteiger partial charge is 0.165 e. The van der Waals surface area contributed by atoms with Crippen molar-refractivity contribution in [1.29, 1.82) is 0 Å². The zero-order chi connectivity index (χ0) is 22.1. The molecule has 2 fully saturated rings. The first-order chi connectivity index (χ1) is 15.4. The summed E-state index contributed by atoms with van der Waals surface area (Å²) < 4.78 is 42.3. The molecule has 3 aliphatic heterocycles. The Morgan fingerprint density at radius 1 is 1.28 bits per heavy atom. The normalized spacial score (nSPS) is 39.8. The molecule has 2 bridgehead atoms. The third kappa shape index (κ3) is 2.56. The molecular weight excluding hydrogens is 368 g/mol. The summed E-state index contributed by atoms with van der Waals surface area (Å²) in [4.78, 5) is 4.01. The molecule has 6 rings (SSSR count). The van der Waals surface area contributed by atoms with Crippen LogP contribution in [0, 0.1) is 5.92 Å². The van der Waals surface area contributed by atoms with Crippen LogP contribution in [0.1, 0.15) is 21.7 Å². The minimum atomic E-state index is -2.13. The van der Waals surface area contributed by atoms with Crippen LogP contribution in [0.3, 0.4) is 0 Å². The maximum absolute atomic E-state index is 10.9. The van der Waals surface area contributed by atoms with Crippen molar-refractivity contribution in [3.63, 3.8) is 0 Å². The largest absolute Gasteiger partial charge is 0.488 e. The summed E-state index contributed by atoms with van der Waals surface area (Å²) in [6, 6.07) is 3.90. The molecule has 5 atom stereocenters. The average Bonchev–Trinajstić information content (AvgIpc) is 3.11. The molecule has 1 spiro atoms. The second-order valence-corrected chi connectivity index (χ2v) is 8.92. The summed E-state index contributed by atoms with van der Waals surface area (Å²) >= 11 is 0. The lowest BCUT2D eigenvalue weighted by Crippen LogP contribution is -2.64. The summed E-state index contributed by atoms with van der Waals surface area (Å²) in [7, 11) is 0. The number of piperidine rings is 1. The van der Waals surface area contributed by atoms with Crippen molar-refractivity contribution >= 4 is 0 Å². The second-order valence-electron chi connectivity index (χ2n) is 8.92. The Hall–Kier alpha value is -1.60. The van der Waals surface area contributed by atoms with Crippen LogP contribution in [0.25, 0.3) is 0 Å². The highest BCUT2D eigenvalue weighted by atomic mass is 16.5. The molecule has 1 N–H and O–H groups in total. The van der Waals surface area contributed by atoms with Crippen molar-refractivity contribution in [3.05, 3.63) is 35.4 Å². The molecule has 1 aromatic rings. The lowest BCUT2D eigenvalue weighted by atomic mass is 9.53. The van der Waals surface area contributed by atoms with Crippen molar-refractivity contribution < 1.29 is 23.4 Å². The third-order valence-electron chi connectivity index (χ3n) is 7.63. The fourth-order valence-electron chi connectivity index (χ4n) is 6.27. The molecule has 1 aromatic carbocycles. The van der Waals surface area contributed by atoms with Crippen molar-refractivity contribution in [2.75, 3.05) is 53.0 Å². The molecule has 2 saturated heterocycles. The first-order valence-electron chi connectivity index (χ1n) is 12.3. The Bertz CT molecular complexity index is 933. The van der Waals surface area contributed by atoms with Gasteiger partial charge in [-0.05, 0) is 38.0 Å². The van der Waals surface area contributed by atoms with E-state index < -0.39 is 24.6 Å². The van der Waals surface area contributed by atoms with E-state index in [-0.39, 0.29) is 12.0 Å². The van der Waals surface area contributed by atoms with Crippen LogP contribution < -0.4 is 9.47 Å². The standard InChI is InChI=1S/C23H30N2O4/c1-24-7-6-23-16-3-4-18(26)22(23)29-21-19(5-2-15(20(21)23)14-17(16)24)28-13-10-25-8-11-27-12-9-25/h2-5,16-18,22,26H,6-14H2,1H3/t16-,17+,18-,22-,23-/m0/s1/i1D3. The van der Waals surface area contributed by atoms with Gasteiger partial charge in [0, 0.05) is 46.7 Å². The number of ether oxygens (including phenoxy) is 3. The number of aliphatic hydroxyl groups excluding tert-OH is 1. The van der Waals surface area contributed by atoms with Gasteiger partial charge >= 0.3 is 0 Å². The summed E-state index contributed by atoms with van der Waals surface area (Å²) in [6.45, 7) is 3.10. The van der Waals surface area contributed by atoms with E-state index in [1.807, 2.05) is 12.1 Å². The number of morpholine rings is 1. The lowest BCUT2D eigenvalue weighted by Gasteiger charge is -2.56. The van der Waals surface area contributed by atoms with E-state index in [0.717, 1.165) is 55.5 Å². The van der Waals surface area contributed by atoms with Gasteiger partial charge in [0.25, 0.3) is 0 Å². The number of aliphatic hydroxyl groups is 1. The Labute approximate surface area is 176 Å². The van der Waals surface area contributed by atoms with Gasteiger partial charge in [-0.3, -0.25) is 4.90 Å². The highest BCUT2D eigenvalue weighted by Crippen LogP contribution is 2.62. The van der Waals surface area contributed by atoms with E-state index >= 15 is 0 Å². The average molecular weight is 402 g/mol. The molecule has 0 saturated carbocycles. The molecule has 0 unspecified atom stereocenters. The first kappa shape index (κ1) is 15.2. The van der Waals surface area contributed by atoms with Gasteiger partial charge in [-0.25, -0.2) is 0 Å². The van der Waals surface area contributed by atoms with Gasteiger partial charge in [-0.1, -0.05) is 18.2 Å². The molecule has 29 heavy (non-hydrogen) atoms. The molecular formula is C23H30N2O4. The third-order valence-corrected chi connectivity index (χ3v) is 7.63. The first-order valence-corrected chi connectivity index (χ1v) is 10.8. The summed E-state index contributed by atoms with van der Waals surface area (Å²) in [5.41, 5.74) is 1.87. The molecule has 2 aliphatic carbocycles. The highest BCUT2D eigenvalue weighted by Gasteiger charge is 2.64. The number of rotatable bonds is 4. The number of hydrogen-bond donors (Lipinski definition) is 1. The summed E-state index contributed by atoms with van der Waals surface area (Å²) in [6.07, 6.45) is 4.02. The SMILES string of the molecule is [2H]C([2H])([2H])N1CC[C@]23c4c5ccc(OCCN6CCOCC6)c4O[C@H]2[C@@H](O)C=C[C@H]3[C@H]1C5. The number of likely N-dealkylation sites (tertiary alicyclic amines) is 1. The number of hydrogen-bond acceptors (Lipinski definition) is 6. The predicted molar refractivity (Wildman–Crippen MR) is 109 cm³/mol. The van der Waals surface area contributed by atoms with E-state index in [1.54, 1.807) is 11.0 Å². The van der Waals surface area contributed by atoms with Gasteiger partial charge in [0.15, 0.2) is 11.5 Å². The fraction of sp³-hybridized carbons (Fsp3) is 0.652. The molecule has 5 aliphatic rings. The molecule has 6 nitrogen and oxygen atoms in total. The van der Waals surface area contributed by atoms with Crippen LogP contribution in [0.15, 0.2) is 24.3 Å². The molecule has 6 heteroatoms. The monoisotopic (exact) mass is 401 g/mol. The summed E-state index contributed by atoms with van der Waals surface area (Å²) in [5.74, 6) is 1.48. The molecule has 0 aromatic heterocycles. The molecule has 0 radical (unpaired) electrons. The number of benzene rings is 1. The van der Waals surface area contributed by atoms with E-state index in [1.165, 1.54) is 0 Å². The minimum Gasteiger partial charge on any atom is -0.488 e. The summed E-state index contributed by atoms with van der Waals surface area (Å²) in [5, 5.41) is 10.9. The fourth-order valence-corrected chi connectivity index (χ4v) is 6.27. The predicted octanol–water partition coefficient (Wildman–Crippen LogP) is 1.20. The van der Waals surface area contributed by atoms with Crippen LogP contribution in [0.4, 0.5) is 0 Å². The maximum atomic E-state index is 10.9. The zero-order valence-electron chi connectivity index (χ0n) is 19.5. The Morgan fingerprint density at radius 2 is 2.17 bits per heavy atom.